The second-order valence-electron chi connectivity index (χ2n) is 2.91. The van der Waals surface area contributed by atoms with Gasteiger partial charge in [-0.1, -0.05) is 0 Å². The van der Waals surface area contributed by atoms with Crippen molar-refractivity contribution in [3.05, 3.63) is 0 Å². The van der Waals surface area contributed by atoms with Crippen LogP contribution in [0.1, 0.15) is 13.3 Å². The quantitative estimate of drug-likeness (QED) is 0.443. The molecule has 0 fully saturated rings. The van der Waals surface area contributed by atoms with Gasteiger partial charge in [0.25, 0.3) is 0 Å². The van der Waals surface area contributed by atoms with E-state index in [2.05, 4.69) is 0 Å². The van der Waals surface area contributed by atoms with E-state index < -0.39 is 12.0 Å². The summed E-state index contributed by atoms with van der Waals surface area (Å²) in [5, 5.41) is 0. The van der Waals surface area contributed by atoms with Gasteiger partial charge in [-0.2, -0.15) is 0 Å². The van der Waals surface area contributed by atoms with E-state index in [0.717, 1.165) is 6.42 Å². The van der Waals surface area contributed by atoms with Crippen molar-refractivity contribution in [1.29, 1.82) is 0 Å². The van der Waals surface area contributed by atoms with Crippen molar-refractivity contribution >= 4 is 5.97 Å². The largest absolute Gasteiger partial charge is 0.462 e. The molecule has 0 saturated carbocycles. The molecule has 0 aromatic rings. The fourth-order valence-electron chi connectivity index (χ4n) is 0.740. The van der Waals surface area contributed by atoms with Gasteiger partial charge in [-0.05, 0) is 13.3 Å². The van der Waals surface area contributed by atoms with Crippen LogP contribution in [0.5, 0.6) is 0 Å². The normalized spacial score (nSPS) is 12.5. The van der Waals surface area contributed by atoms with E-state index in [9.17, 15) is 4.79 Å². The highest BCUT2D eigenvalue weighted by molar-refractivity contribution is 5.74. The van der Waals surface area contributed by atoms with E-state index in [1.54, 1.807) is 14.0 Å². The van der Waals surface area contributed by atoms with E-state index in [-0.39, 0.29) is 6.61 Å². The Kier molecular flexibility index (Phi) is 8.51. The molecule has 0 aliphatic carbocycles. The summed E-state index contributed by atoms with van der Waals surface area (Å²) in [5.74, 6) is -0.398. The molecule has 0 bridgehead atoms. The highest BCUT2D eigenvalue weighted by Gasteiger charge is 2.07. The Morgan fingerprint density at radius 1 is 1.29 bits per heavy atom. The number of rotatable bonds is 8. The number of hydrogen-bond acceptors (Lipinski definition) is 5. The number of methoxy groups -OCH3 is 1. The Balaban J connectivity index is 3.10. The van der Waals surface area contributed by atoms with Crippen molar-refractivity contribution in [2.75, 3.05) is 33.5 Å². The zero-order valence-electron chi connectivity index (χ0n) is 8.82. The second kappa shape index (κ2) is 8.93. The summed E-state index contributed by atoms with van der Waals surface area (Å²) in [6.45, 7) is 3.54. The van der Waals surface area contributed by atoms with Gasteiger partial charge in [0.2, 0.25) is 0 Å². The topological polar surface area (TPSA) is 70.8 Å². The molecule has 0 heterocycles. The van der Waals surface area contributed by atoms with Crippen molar-refractivity contribution in [3.8, 4) is 0 Å². The van der Waals surface area contributed by atoms with Gasteiger partial charge < -0.3 is 19.9 Å². The van der Waals surface area contributed by atoms with Crippen LogP contribution in [-0.2, 0) is 19.0 Å². The van der Waals surface area contributed by atoms with E-state index in [4.69, 9.17) is 19.9 Å². The minimum atomic E-state index is -0.566. The van der Waals surface area contributed by atoms with Crippen molar-refractivity contribution < 1.29 is 19.0 Å². The minimum absolute atomic E-state index is 0.257. The second-order valence-corrected chi connectivity index (χ2v) is 2.91. The summed E-state index contributed by atoms with van der Waals surface area (Å²) >= 11 is 0. The van der Waals surface area contributed by atoms with Crippen LogP contribution in [-0.4, -0.2) is 45.5 Å². The number of esters is 1. The summed E-state index contributed by atoms with van der Waals surface area (Å²) in [6.07, 6.45) is 0.845. The lowest BCUT2D eigenvalue weighted by Gasteiger charge is -2.07. The van der Waals surface area contributed by atoms with Crippen LogP contribution >= 0.6 is 0 Å². The molecule has 2 N–H and O–H groups in total. The molecule has 0 amide bonds. The summed E-state index contributed by atoms with van der Waals surface area (Å²) in [6, 6.07) is -0.566. The molecule has 84 valence electrons. The zero-order chi connectivity index (χ0) is 10.8. The van der Waals surface area contributed by atoms with Gasteiger partial charge in [0.1, 0.15) is 12.6 Å². The monoisotopic (exact) mass is 205 g/mol. The molecule has 0 radical (unpaired) electrons. The average Bonchev–Trinajstić information content (AvgIpc) is 2.16. The smallest absolute Gasteiger partial charge is 0.322 e. The van der Waals surface area contributed by atoms with Gasteiger partial charge in [-0.3, -0.25) is 4.79 Å². The van der Waals surface area contributed by atoms with E-state index >= 15 is 0 Å². The molecule has 0 unspecified atom stereocenters. The number of carbonyl (C=O) groups is 1. The van der Waals surface area contributed by atoms with Gasteiger partial charge >= 0.3 is 5.97 Å². The first-order valence-corrected chi connectivity index (χ1v) is 4.67. The maximum atomic E-state index is 10.9. The summed E-state index contributed by atoms with van der Waals surface area (Å²) in [5.41, 5.74) is 5.28. The van der Waals surface area contributed by atoms with Gasteiger partial charge in [-0.25, -0.2) is 0 Å². The van der Waals surface area contributed by atoms with Crippen LogP contribution in [0.4, 0.5) is 0 Å². The SMILES string of the molecule is COCCCOCCOC(=O)[C@@H](C)N. The lowest BCUT2D eigenvalue weighted by Crippen LogP contribution is -2.29. The number of nitrogens with two attached hydrogens (primary N) is 1. The Morgan fingerprint density at radius 2 is 2.00 bits per heavy atom. The molecule has 0 aromatic carbocycles. The third-order valence-electron chi connectivity index (χ3n) is 1.48. The summed E-state index contributed by atoms with van der Waals surface area (Å²) < 4.78 is 14.8. The fourth-order valence-corrected chi connectivity index (χ4v) is 0.740. The Morgan fingerprint density at radius 3 is 2.57 bits per heavy atom. The molecule has 0 aromatic heterocycles. The molecule has 0 spiro atoms. The standard InChI is InChI=1S/C9H19NO4/c1-8(10)9(11)14-7-6-13-5-3-4-12-2/h8H,3-7,10H2,1-2H3/t8-/m1/s1. The Bertz CT molecular complexity index is 150. The van der Waals surface area contributed by atoms with Crippen molar-refractivity contribution in [2.45, 2.75) is 19.4 Å². The minimum Gasteiger partial charge on any atom is -0.462 e. The van der Waals surface area contributed by atoms with Crippen molar-refractivity contribution in [1.82, 2.24) is 0 Å². The highest BCUT2D eigenvalue weighted by Crippen LogP contribution is 1.87. The molecule has 14 heavy (non-hydrogen) atoms. The van der Waals surface area contributed by atoms with Gasteiger partial charge in [0.05, 0.1) is 6.61 Å². The molecule has 5 nitrogen and oxygen atoms in total. The van der Waals surface area contributed by atoms with E-state index in [1.165, 1.54) is 0 Å². The number of carbonyl (C=O) groups excluding carboxylic acids is 1. The molecule has 0 rings (SSSR count). The Labute approximate surface area is 84.5 Å². The predicted octanol–water partition coefficient (Wildman–Crippen LogP) is -0.0701. The fraction of sp³-hybridized carbons (Fsp3) is 0.889. The summed E-state index contributed by atoms with van der Waals surface area (Å²) in [7, 11) is 1.64. The van der Waals surface area contributed by atoms with Crippen LogP contribution in [0.15, 0.2) is 0 Å². The van der Waals surface area contributed by atoms with Crippen LogP contribution in [0.2, 0.25) is 0 Å². The third-order valence-corrected chi connectivity index (χ3v) is 1.48. The van der Waals surface area contributed by atoms with Crippen LogP contribution in [0.3, 0.4) is 0 Å². The van der Waals surface area contributed by atoms with Crippen molar-refractivity contribution in [3.63, 3.8) is 0 Å². The molecular weight excluding hydrogens is 186 g/mol. The highest BCUT2D eigenvalue weighted by atomic mass is 16.6. The van der Waals surface area contributed by atoms with E-state index in [0.29, 0.717) is 19.8 Å². The lowest BCUT2D eigenvalue weighted by atomic mass is 10.4. The van der Waals surface area contributed by atoms with Gasteiger partial charge in [0, 0.05) is 20.3 Å². The first kappa shape index (κ1) is 13.4. The molecule has 1 atom stereocenters. The van der Waals surface area contributed by atoms with E-state index in [1.807, 2.05) is 0 Å². The molecule has 0 saturated heterocycles. The maximum absolute atomic E-state index is 10.9. The molecular formula is C9H19NO4. The lowest BCUT2D eigenvalue weighted by molar-refractivity contribution is -0.146. The summed E-state index contributed by atoms with van der Waals surface area (Å²) in [4.78, 5) is 10.9. The molecule has 0 aliphatic rings. The molecule has 5 heteroatoms. The first-order valence-electron chi connectivity index (χ1n) is 4.67. The maximum Gasteiger partial charge on any atom is 0.322 e. The first-order chi connectivity index (χ1) is 6.68. The van der Waals surface area contributed by atoms with Gasteiger partial charge in [-0.15, -0.1) is 0 Å². The number of hydrogen-bond donors (Lipinski definition) is 1. The Hall–Kier alpha value is -0.650. The van der Waals surface area contributed by atoms with Gasteiger partial charge in [0.15, 0.2) is 0 Å². The van der Waals surface area contributed by atoms with Crippen LogP contribution in [0.25, 0.3) is 0 Å². The van der Waals surface area contributed by atoms with Crippen LogP contribution in [0, 0.1) is 0 Å². The molecule has 0 aliphatic heterocycles. The average molecular weight is 205 g/mol. The van der Waals surface area contributed by atoms with Crippen molar-refractivity contribution in [2.24, 2.45) is 5.73 Å². The van der Waals surface area contributed by atoms with Crippen LogP contribution < -0.4 is 5.73 Å². The zero-order valence-corrected chi connectivity index (χ0v) is 8.82. The number of ether oxygens (including phenoxy) is 3. The third kappa shape index (κ3) is 7.97. The predicted molar refractivity (Wildman–Crippen MR) is 51.9 cm³/mol.